The average Bonchev–Trinajstić information content (AvgIpc) is 2.54. The molecule has 0 aliphatic rings. The van der Waals surface area contributed by atoms with Crippen molar-refractivity contribution in [2.45, 2.75) is 52.0 Å². The van der Waals surface area contributed by atoms with E-state index in [-0.39, 0.29) is 24.3 Å². The molecule has 2 rings (SSSR count). The molecule has 2 aromatic carbocycles. The van der Waals surface area contributed by atoms with E-state index in [1.54, 1.807) is 0 Å². The standard InChI is InChI=1S/C20H28N2O2/c1-13(2)23-17-9-5-15(6-10-17)19(21)20(22)16-7-11-18(12-8-16)24-14(3)4/h5-14,19-20H,21-22H2,1-4H3. The van der Waals surface area contributed by atoms with Gasteiger partial charge in [-0.05, 0) is 63.1 Å². The Hall–Kier alpha value is -2.04. The first-order chi connectivity index (χ1) is 11.4. The summed E-state index contributed by atoms with van der Waals surface area (Å²) in [6.45, 7) is 8.01. The fourth-order valence-electron chi connectivity index (χ4n) is 2.50. The summed E-state index contributed by atoms with van der Waals surface area (Å²) >= 11 is 0. The number of nitrogens with two attached hydrogens (primary N) is 2. The van der Waals surface area contributed by atoms with Crippen LogP contribution in [0.3, 0.4) is 0 Å². The van der Waals surface area contributed by atoms with Crippen molar-refractivity contribution in [2.75, 3.05) is 0 Å². The molecule has 0 spiro atoms. The largest absolute Gasteiger partial charge is 0.491 e. The van der Waals surface area contributed by atoms with E-state index in [2.05, 4.69) is 0 Å². The van der Waals surface area contributed by atoms with E-state index >= 15 is 0 Å². The molecule has 0 saturated heterocycles. The van der Waals surface area contributed by atoms with Crippen LogP contribution in [-0.2, 0) is 0 Å². The molecule has 0 aromatic heterocycles. The fraction of sp³-hybridized carbons (Fsp3) is 0.400. The molecule has 2 aromatic rings. The van der Waals surface area contributed by atoms with Crippen LogP contribution in [0, 0.1) is 0 Å². The maximum Gasteiger partial charge on any atom is 0.119 e. The predicted molar refractivity (Wildman–Crippen MR) is 98.3 cm³/mol. The molecule has 0 amide bonds. The molecule has 4 nitrogen and oxygen atoms in total. The molecule has 0 fully saturated rings. The van der Waals surface area contributed by atoms with E-state index in [9.17, 15) is 0 Å². The summed E-state index contributed by atoms with van der Waals surface area (Å²) in [6.07, 6.45) is 0.303. The van der Waals surface area contributed by atoms with Crippen molar-refractivity contribution in [3.05, 3.63) is 59.7 Å². The first-order valence-corrected chi connectivity index (χ1v) is 8.41. The van der Waals surface area contributed by atoms with Gasteiger partial charge in [-0.25, -0.2) is 0 Å². The summed E-state index contributed by atoms with van der Waals surface area (Å²) in [5, 5.41) is 0. The summed E-state index contributed by atoms with van der Waals surface area (Å²) in [7, 11) is 0. The lowest BCUT2D eigenvalue weighted by molar-refractivity contribution is 0.242. The van der Waals surface area contributed by atoms with Gasteiger partial charge in [0.2, 0.25) is 0 Å². The molecular formula is C20H28N2O2. The molecule has 2 unspecified atom stereocenters. The molecule has 0 heterocycles. The van der Waals surface area contributed by atoms with Crippen molar-refractivity contribution in [3.63, 3.8) is 0 Å². The van der Waals surface area contributed by atoms with Crippen LogP contribution in [0.4, 0.5) is 0 Å². The summed E-state index contributed by atoms with van der Waals surface area (Å²) in [4.78, 5) is 0. The maximum absolute atomic E-state index is 6.34. The first kappa shape index (κ1) is 18.3. The van der Waals surface area contributed by atoms with E-state index in [1.165, 1.54) is 0 Å². The number of ether oxygens (including phenoxy) is 2. The number of benzene rings is 2. The van der Waals surface area contributed by atoms with Gasteiger partial charge in [0.15, 0.2) is 0 Å². The van der Waals surface area contributed by atoms with Crippen LogP contribution in [0.25, 0.3) is 0 Å². The van der Waals surface area contributed by atoms with Gasteiger partial charge >= 0.3 is 0 Å². The van der Waals surface area contributed by atoms with Crippen LogP contribution < -0.4 is 20.9 Å². The smallest absolute Gasteiger partial charge is 0.119 e. The maximum atomic E-state index is 6.34. The molecule has 0 saturated carbocycles. The second-order valence-electron chi connectivity index (χ2n) is 6.52. The normalized spacial score (nSPS) is 13.8. The van der Waals surface area contributed by atoms with E-state index in [0.29, 0.717) is 0 Å². The highest BCUT2D eigenvalue weighted by Crippen LogP contribution is 2.27. The lowest BCUT2D eigenvalue weighted by Gasteiger charge is -2.21. The van der Waals surface area contributed by atoms with Gasteiger partial charge < -0.3 is 20.9 Å². The van der Waals surface area contributed by atoms with Crippen molar-refractivity contribution >= 4 is 0 Å². The second kappa shape index (κ2) is 8.18. The lowest BCUT2D eigenvalue weighted by Crippen LogP contribution is -2.26. The van der Waals surface area contributed by atoms with Crippen LogP contribution in [0.2, 0.25) is 0 Å². The van der Waals surface area contributed by atoms with E-state index in [0.717, 1.165) is 22.6 Å². The SMILES string of the molecule is CC(C)Oc1ccc(C(N)C(N)c2ccc(OC(C)C)cc2)cc1. The zero-order valence-corrected chi connectivity index (χ0v) is 14.9. The van der Waals surface area contributed by atoms with Crippen LogP contribution in [0.5, 0.6) is 11.5 Å². The van der Waals surface area contributed by atoms with E-state index < -0.39 is 0 Å². The highest BCUT2D eigenvalue weighted by Gasteiger charge is 2.17. The zero-order chi connectivity index (χ0) is 17.7. The third-order valence-corrected chi connectivity index (χ3v) is 3.66. The van der Waals surface area contributed by atoms with E-state index in [4.69, 9.17) is 20.9 Å². The minimum atomic E-state index is -0.282. The Balaban J connectivity index is 2.06. The minimum Gasteiger partial charge on any atom is -0.491 e. The topological polar surface area (TPSA) is 70.5 Å². The molecule has 4 heteroatoms. The van der Waals surface area contributed by atoms with Crippen molar-refractivity contribution in [1.82, 2.24) is 0 Å². The van der Waals surface area contributed by atoms with Crippen molar-refractivity contribution < 1.29 is 9.47 Å². The highest BCUT2D eigenvalue weighted by atomic mass is 16.5. The van der Waals surface area contributed by atoms with Crippen molar-refractivity contribution in [2.24, 2.45) is 11.5 Å². The van der Waals surface area contributed by atoms with Crippen LogP contribution >= 0.6 is 0 Å². The lowest BCUT2D eigenvalue weighted by atomic mass is 9.95. The van der Waals surface area contributed by atoms with Gasteiger partial charge in [-0.3, -0.25) is 0 Å². The van der Waals surface area contributed by atoms with Crippen molar-refractivity contribution in [1.29, 1.82) is 0 Å². The summed E-state index contributed by atoms with van der Waals surface area (Å²) in [6, 6.07) is 15.0. The molecule has 0 radical (unpaired) electrons. The monoisotopic (exact) mass is 328 g/mol. The van der Waals surface area contributed by atoms with Crippen LogP contribution in [0.1, 0.15) is 50.9 Å². The van der Waals surface area contributed by atoms with Gasteiger partial charge in [-0.15, -0.1) is 0 Å². The number of hydrogen-bond donors (Lipinski definition) is 2. The van der Waals surface area contributed by atoms with Crippen LogP contribution in [0.15, 0.2) is 48.5 Å². The average molecular weight is 328 g/mol. The summed E-state index contributed by atoms with van der Waals surface area (Å²) in [5.74, 6) is 1.68. The summed E-state index contributed by atoms with van der Waals surface area (Å²) < 4.78 is 11.3. The third-order valence-electron chi connectivity index (χ3n) is 3.66. The Morgan fingerprint density at radius 1 is 0.583 bits per heavy atom. The fourth-order valence-corrected chi connectivity index (χ4v) is 2.50. The molecule has 0 bridgehead atoms. The van der Waals surface area contributed by atoms with Crippen LogP contribution in [-0.4, -0.2) is 12.2 Å². The quantitative estimate of drug-likeness (QED) is 0.807. The number of rotatable bonds is 7. The Morgan fingerprint density at radius 3 is 1.12 bits per heavy atom. The second-order valence-corrected chi connectivity index (χ2v) is 6.52. The first-order valence-electron chi connectivity index (χ1n) is 8.41. The Bertz CT molecular complexity index is 564. The molecule has 0 aliphatic carbocycles. The van der Waals surface area contributed by atoms with Crippen molar-refractivity contribution in [3.8, 4) is 11.5 Å². The van der Waals surface area contributed by atoms with Gasteiger partial charge in [-0.1, -0.05) is 24.3 Å². The molecule has 4 N–H and O–H groups in total. The molecule has 130 valence electrons. The Kier molecular flexibility index (Phi) is 6.23. The van der Waals surface area contributed by atoms with Gasteiger partial charge in [0.1, 0.15) is 11.5 Å². The molecule has 2 atom stereocenters. The zero-order valence-electron chi connectivity index (χ0n) is 14.9. The Morgan fingerprint density at radius 2 is 0.875 bits per heavy atom. The third kappa shape index (κ3) is 4.98. The minimum absolute atomic E-state index is 0.151. The van der Waals surface area contributed by atoms with Gasteiger partial charge in [0, 0.05) is 12.1 Å². The van der Waals surface area contributed by atoms with Gasteiger partial charge in [0.25, 0.3) is 0 Å². The molecular weight excluding hydrogens is 300 g/mol. The predicted octanol–water partition coefficient (Wildman–Crippen LogP) is 3.96. The number of hydrogen-bond acceptors (Lipinski definition) is 4. The van der Waals surface area contributed by atoms with Gasteiger partial charge in [0.05, 0.1) is 12.2 Å². The van der Waals surface area contributed by atoms with E-state index in [1.807, 2.05) is 76.2 Å². The highest BCUT2D eigenvalue weighted by molar-refractivity contribution is 5.34. The summed E-state index contributed by atoms with van der Waals surface area (Å²) in [5.41, 5.74) is 14.7. The molecule has 24 heavy (non-hydrogen) atoms. The molecule has 0 aliphatic heterocycles. The Labute approximate surface area is 144 Å². The van der Waals surface area contributed by atoms with Gasteiger partial charge in [-0.2, -0.15) is 0 Å².